The largest absolute Gasteiger partial charge is 0.504 e. The molecule has 0 amide bonds. The Bertz CT molecular complexity index is 498. The van der Waals surface area contributed by atoms with Crippen LogP contribution in [-0.4, -0.2) is 34.7 Å². The third-order valence-electron chi connectivity index (χ3n) is 4.99. The molecule has 1 aliphatic heterocycles. The number of fused-ring (bicyclic) bond motifs is 3. The van der Waals surface area contributed by atoms with E-state index in [9.17, 15) is 10.2 Å². The molecule has 2 unspecified atom stereocenters. The molecule has 0 radical (unpaired) electrons. The molecule has 1 aromatic rings. The maximum absolute atomic E-state index is 10.1. The zero-order valence-corrected chi connectivity index (χ0v) is 11.8. The first kappa shape index (κ1) is 12.8. The fourth-order valence-corrected chi connectivity index (χ4v) is 3.96. The van der Waals surface area contributed by atoms with E-state index >= 15 is 0 Å². The van der Waals surface area contributed by atoms with Gasteiger partial charge in [-0.15, -0.1) is 0 Å². The van der Waals surface area contributed by atoms with Crippen molar-refractivity contribution in [2.75, 3.05) is 19.6 Å². The first-order chi connectivity index (χ1) is 9.15. The summed E-state index contributed by atoms with van der Waals surface area (Å²) in [4.78, 5) is 2.51. The monoisotopic (exact) mass is 261 g/mol. The van der Waals surface area contributed by atoms with Gasteiger partial charge < -0.3 is 15.1 Å². The van der Waals surface area contributed by atoms with Crippen LogP contribution in [0.1, 0.15) is 42.9 Å². The Labute approximate surface area is 114 Å². The smallest absolute Gasteiger partial charge is 0.160 e. The van der Waals surface area contributed by atoms with E-state index in [1.54, 1.807) is 6.07 Å². The molecule has 1 fully saturated rings. The van der Waals surface area contributed by atoms with Crippen LogP contribution in [0.25, 0.3) is 0 Å². The highest BCUT2D eigenvalue weighted by molar-refractivity contribution is 5.56. The number of likely N-dealkylation sites (N-methyl/N-ethyl adjacent to an activating group) is 1. The van der Waals surface area contributed by atoms with Gasteiger partial charge in [0.1, 0.15) is 0 Å². The van der Waals surface area contributed by atoms with Gasteiger partial charge in [-0.3, -0.25) is 0 Å². The van der Waals surface area contributed by atoms with Crippen molar-refractivity contribution in [1.82, 2.24) is 4.90 Å². The Balaban J connectivity index is 2.09. The number of aryl methyl sites for hydroxylation is 1. The molecule has 0 spiro atoms. The van der Waals surface area contributed by atoms with Crippen LogP contribution in [0.15, 0.2) is 6.07 Å². The number of rotatable bonds is 2. The van der Waals surface area contributed by atoms with E-state index in [0.717, 1.165) is 43.8 Å². The van der Waals surface area contributed by atoms with E-state index in [-0.39, 0.29) is 11.5 Å². The number of nitrogens with zero attached hydrogens (tertiary/aromatic N) is 1. The van der Waals surface area contributed by atoms with E-state index in [2.05, 4.69) is 18.7 Å². The maximum atomic E-state index is 10.1. The van der Waals surface area contributed by atoms with Crippen molar-refractivity contribution in [3.05, 3.63) is 22.8 Å². The van der Waals surface area contributed by atoms with Crippen LogP contribution in [0.2, 0.25) is 0 Å². The standard InChI is InChI=1S/C16H23NO2/c1-3-10-7-14(18)16(19)12-6-5-11-8-17(4-2)9-13(11)15(10)12/h7,11,13,18-19H,3-6,8-9H2,1-2H3. The summed E-state index contributed by atoms with van der Waals surface area (Å²) in [6, 6.07) is 1.77. The van der Waals surface area contributed by atoms with E-state index in [4.69, 9.17) is 0 Å². The van der Waals surface area contributed by atoms with Crippen LogP contribution in [0.4, 0.5) is 0 Å². The minimum absolute atomic E-state index is 0.0550. The summed E-state index contributed by atoms with van der Waals surface area (Å²) in [5, 5.41) is 20.0. The minimum Gasteiger partial charge on any atom is -0.504 e. The lowest BCUT2D eigenvalue weighted by atomic mass is 9.74. The molecule has 1 aromatic carbocycles. The van der Waals surface area contributed by atoms with Gasteiger partial charge in [-0.2, -0.15) is 0 Å². The molecule has 2 N–H and O–H groups in total. The lowest BCUT2D eigenvalue weighted by Crippen LogP contribution is -2.21. The molecule has 1 saturated heterocycles. The van der Waals surface area contributed by atoms with Crippen molar-refractivity contribution in [3.63, 3.8) is 0 Å². The van der Waals surface area contributed by atoms with Gasteiger partial charge >= 0.3 is 0 Å². The zero-order chi connectivity index (χ0) is 13.6. The van der Waals surface area contributed by atoms with Crippen molar-refractivity contribution in [3.8, 4) is 11.5 Å². The normalized spacial score (nSPS) is 26.2. The second kappa shape index (κ2) is 4.71. The van der Waals surface area contributed by atoms with Gasteiger partial charge in [-0.1, -0.05) is 13.8 Å². The molecular weight excluding hydrogens is 238 g/mol. The fraction of sp³-hybridized carbons (Fsp3) is 0.625. The number of hydrogen-bond acceptors (Lipinski definition) is 3. The van der Waals surface area contributed by atoms with Gasteiger partial charge in [0.05, 0.1) is 0 Å². The Morgan fingerprint density at radius 2 is 2.05 bits per heavy atom. The lowest BCUT2D eigenvalue weighted by molar-refractivity contribution is 0.337. The number of aromatic hydroxyl groups is 2. The maximum Gasteiger partial charge on any atom is 0.160 e. The average Bonchev–Trinajstić information content (AvgIpc) is 2.85. The van der Waals surface area contributed by atoms with Crippen LogP contribution in [0.5, 0.6) is 11.5 Å². The summed E-state index contributed by atoms with van der Waals surface area (Å²) in [5.74, 6) is 1.45. The van der Waals surface area contributed by atoms with Crippen molar-refractivity contribution in [2.24, 2.45) is 5.92 Å². The third kappa shape index (κ3) is 1.91. The molecule has 0 saturated carbocycles. The molecule has 3 rings (SSSR count). The summed E-state index contributed by atoms with van der Waals surface area (Å²) >= 11 is 0. The quantitative estimate of drug-likeness (QED) is 0.804. The average molecular weight is 261 g/mol. The highest BCUT2D eigenvalue weighted by Gasteiger charge is 2.39. The Kier molecular flexibility index (Phi) is 3.17. The second-order valence-electron chi connectivity index (χ2n) is 5.91. The molecule has 1 heterocycles. The number of phenols is 2. The molecule has 0 aromatic heterocycles. The molecule has 104 valence electrons. The number of hydrogen-bond donors (Lipinski definition) is 2. The van der Waals surface area contributed by atoms with Crippen LogP contribution in [0.3, 0.4) is 0 Å². The summed E-state index contributed by atoms with van der Waals surface area (Å²) < 4.78 is 0. The van der Waals surface area contributed by atoms with Gasteiger partial charge in [0.25, 0.3) is 0 Å². The number of benzene rings is 1. The van der Waals surface area contributed by atoms with Crippen LogP contribution < -0.4 is 0 Å². The van der Waals surface area contributed by atoms with E-state index < -0.39 is 0 Å². The van der Waals surface area contributed by atoms with E-state index in [1.165, 1.54) is 17.7 Å². The van der Waals surface area contributed by atoms with Crippen molar-refractivity contribution in [1.29, 1.82) is 0 Å². The summed E-state index contributed by atoms with van der Waals surface area (Å²) in [7, 11) is 0. The van der Waals surface area contributed by atoms with Crippen LogP contribution in [-0.2, 0) is 12.8 Å². The zero-order valence-electron chi connectivity index (χ0n) is 11.8. The Morgan fingerprint density at radius 1 is 1.26 bits per heavy atom. The summed E-state index contributed by atoms with van der Waals surface area (Å²) in [5.41, 5.74) is 3.57. The molecule has 3 nitrogen and oxygen atoms in total. The van der Waals surface area contributed by atoms with Crippen molar-refractivity contribution in [2.45, 2.75) is 39.0 Å². The molecule has 1 aliphatic carbocycles. The predicted octanol–water partition coefficient (Wildman–Crippen LogP) is 2.64. The Hall–Kier alpha value is -1.22. The van der Waals surface area contributed by atoms with Gasteiger partial charge in [-0.05, 0) is 48.9 Å². The fourth-order valence-electron chi connectivity index (χ4n) is 3.96. The molecule has 19 heavy (non-hydrogen) atoms. The van der Waals surface area contributed by atoms with Crippen LogP contribution >= 0.6 is 0 Å². The third-order valence-corrected chi connectivity index (χ3v) is 4.99. The SMILES string of the molecule is CCc1cc(O)c(O)c2c1C1CN(CC)CC1CC2. The first-order valence-electron chi connectivity index (χ1n) is 7.44. The predicted molar refractivity (Wildman–Crippen MR) is 75.8 cm³/mol. The molecular formula is C16H23NO2. The highest BCUT2D eigenvalue weighted by atomic mass is 16.3. The molecule has 0 bridgehead atoms. The first-order valence-corrected chi connectivity index (χ1v) is 7.44. The lowest BCUT2D eigenvalue weighted by Gasteiger charge is -2.30. The van der Waals surface area contributed by atoms with Gasteiger partial charge in [0, 0.05) is 24.6 Å². The van der Waals surface area contributed by atoms with Gasteiger partial charge in [0.2, 0.25) is 0 Å². The summed E-state index contributed by atoms with van der Waals surface area (Å²) in [6.45, 7) is 7.74. The van der Waals surface area contributed by atoms with Crippen molar-refractivity contribution < 1.29 is 10.2 Å². The topological polar surface area (TPSA) is 43.7 Å². The van der Waals surface area contributed by atoms with Crippen molar-refractivity contribution >= 4 is 0 Å². The molecule has 2 aliphatic rings. The van der Waals surface area contributed by atoms with E-state index in [0.29, 0.717) is 5.92 Å². The van der Waals surface area contributed by atoms with Gasteiger partial charge in [0.15, 0.2) is 11.5 Å². The minimum atomic E-state index is 0.0550. The molecule has 3 heteroatoms. The van der Waals surface area contributed by atoms with Crippen LogP contribution in [0, 0.1) is 5.92 Å². The second-order valence-corrected chi connectivity index (χ2v) is 5.91. The highest BCUT2D eigenvalue weighted by Crippen LogP contribution is 2.48. The molecule has 2 atom stereocenters. The summed E-state index contributed by atoms with van der Waals surface area (Å²) in [6.07, 6.45) is 2.96. The van der Waals surface area contributed by atoms with E-state index in [1.807, 2.05) is 0 Å². The number of likely N-dealkylation sites (tertiary alicyclic amines) is 1. The van der Waals surface area contributed by atoms with Gasteiger partial charge in [-0.25, -0.2) is 0 Å². The number of phenolic OH excluding ortho intramolecular Hbond substituents is 2. The Morgan fingerprint density at radius 3 is 2.74 bits per heavy atom.